The number of carbonyl (C=O) groups excluding carboxylic acids is 1. The van der Waals surface area contributed by atoms with E-state index in [1.165, 1.54) is 36.8 Å². The predicted octanol–water partition coefficient (Wildman–Crippen LogP) is 6.35. The topological polar surface area (TPSA) is 65.0 Å². The van der Waals surface area contributed by atoms with Crippen LogP contribution >= 0.6 is 0 Å². The van der Waals surface area contributed by atoms with Gasteiger partial charge in [0.05, 0.1) is 25.7 Å². The van der Waals surface area contributed by atoms with Crippen molar-refractivity contribution in [3.8, 4) is 0 Å². The molecule has 1 saturated heterocycles. The van der Waals surface area contributed by atoms with E-state index in [0.29, 0.717) is 24.4 Å². The number of unbranched alkanes of at least 4 members (excludes halogenated alkanes) is 2. The number of ether oxygens (including phenoxy) is 3. The van der Waals surface area contributed by atoms with Crippen molar-refractivity contribution in [3.63, 3.8) is 0 Å². The van der Waals surface area contributed by atoms with E-state index < -0.39 is 0 Å². The minimum Gasteiger partial charge on any atom is -0.465 e. The van der Waals surface area contributed by atoms with Crippen LogP contribution in [0.4, 0.5) is 0 Å². The molecule has 36 heavy (non-hydrogen) atoms. The Bertz CT molecular complexity index is 730. The molecule has 1 saturated carbocycles. The summed E-state index contributed by atoms with van der Waals surface area (Å²) >= 11 is 0. The molecule has 1 aliphatic heterocycles. The number of aliphatic hydroxyl groups excluding tert-OH is 1. The minimum atomic E-state index is -0.183. The zero-order valence-electron chi connectivity index (χ0n) is 23.0. The van der Waals surface area contributed by atoms with E-state index in [2.05, 4.69) is 31.2 Å². The molecule has 1 N–H and O–H groups in total. The van der Waals surface area contributed by atoms with E-state index >= 15 is 0 Å². The van der Waals surface area contributed by atoms with Crippen molar-refractivity contribution in [3.05, 3.63) is 35.4 Å². The largest absolute Gasteiger partial charge is 0.465 e. The standard InChI is InChI=1S/C31H50O5/c1-4-5-6-7-24-8-10-25(11-9-24)12-13-27-20-35-31(36-21-27)29-16-14-26(15-17-29)18-28(19-32)22-34-30(33)23(2)3/h8-11,23,26-29,31-32H,4-7,12-22H2,1-3H3. The van der Waals surface area contributed by atoms with Crippen molar-refractivity contribution < 1.29 is 24.1 Å². The third kappa shape index (κ3) is 9.79. The predicted molar refractivity (Wildman–Crippen MR) is 144 cm³/mol. The lowest BCUT2D eigenvalue weighted by Crippen LogP contribution is -2.38. The summed E-state index contributed by atoms with van der Waals surface area (Å²) in [5.41, 5.74) is 2.87. The van der Waals surface area contributed by atoms with Gasteiger partial charge in [-0.2, -0.15) is 0 Å². The fraction of sp³-hybridized carbons (Fsp3) is 0.774. The van der Waals surface area contributed by atoms with Crippen LogP contribution in [0.15, 0.2) is 24.3 Å². The minimum absolute atomic E-state index is 0.0365. The van der Waals surface area contributed by atoms with E-state index in [1.807, 2.05) is 13.8 Å². The normalized spacial score (nSPS) is 25.6. The average Bonchev–Trinajstić information content (AvgIpc) is 2.91. The van der Waals surface area contributed by atoms with Gasteiger partial charge in [0.25, 0.3) is 0 Å². The maximum Gasteiger partial charge on any atom is 0.308 e. The smallest absolute Gasteiger partial charge is 0.308 e. The number of rotatable bonds is 14. The zero-order chi connectivity index (χ0) is 25.8. The summed E-state index contributed by atoms with van der Waals surface area (Å²) < 4.78 is 17.8. The van der Waals surface area contributed by atoms with Crippen molar-refractivity contribution >= 4 is 5.97 Å². The van der Waals surface area contributed by atoms with E-state index in [4.69, 9.17) is 14.2 Å². The summed E-state index contributed by atoms with van der Waals surface area (Å²) in [6.07, 6.45) is 12.6. The molecule has 1 heterocycles. The summed E-state index contributed by atoms with van der Waals surface area (Å²) in [5, 5.41) is 9.73. The fourth-order valence-corrected chi connectivity index (χ4v) is 5.55. The van der Waals surface area contributed by atoms with E-state index in [1.54, 1.807) is 0 Å². The Balaban J connectivity index is 1.30. The van der Waals surface area contributed by atoms with Crippen molar-refractivity contribution in [2.45, 2.75) is 97.7 Å². The molecule has 2 aliphatic rings. The Morgan fingerprint density at radius 2 is 1.61 bits per heavy atom. The van der Waals surface area contributed by atoms with Gasteiger partial charge in [0, 0.05) is 24.4 Å². The first-order valence-electron chi connectivity index (χ1n) is 14.6. The number of carbonyl (C=O) groups is 1. The zero-order valence-corrected chi connectivity index (χ0v) is 23.0. The summed E-state index contributed by atoms with van der Waals surface area (Å²) in [6.45, 7) is 7.92. The highest BCUT2D eigenvalue weighted by Gasteiger charge is 2.33. The molecule has 0 spiro atoms. The SMILES string of the molecule is CCCCCc1ccc(CCC2COC(C3CCC(CC(CO)COC(=O)C(C)C)CC3)OC2)cc1. The summed E-state index contributed by atoms with van der Waals surface area (Å²) in [5.74, 6) is 1.24. The third-order valence-corrected chi connectivity index (χ3v) is 8.06. The van der Waals surface area contributed by atoms with Crippen LogP contribution in [0.25, 0.3) is 0 Å². The Labute approximate surface area is 219 Å². The molecule has 1 aromatic rings. The average molecular weight is 503 g/mol. The van der Waals surface area contributed by atoms with Crippen LogP contribution in [0, 0.1) is 29.6 Å². The highest BCUT2D eigenvalue weighted by Crippen LogP contribution is 2.37. The highest BCUT2D eigenvalue weighted by atomic mass is 16.7. The Kier molecular flexibility index (Phi) is 12.7. The number of esters is 1. The van der Waals surface area contributed by atoms with Gasteiger partial charge in [-0.1, -0.05) is 57.9 Å². The molecule has 2 fully saturated rings. The lowest BCUT2D eigenvalue weighted by Gasteiger charge is -2.38. The maximum absolute atomic E-state index is 11.7. The molecular formula is C31H50O5. The van der Waals surface area contributed by atoms with E-state index in [9.17, 15) is 9.90 Å². The second kappa shape index (κ2) is 15.7. The molecule has 0 aromatic heterocycles. The van der Waals surface area contributed by atoms with Crippen LogP contribution in [0.5, 0.6) is 0 Å². The van der Waals surface area contributed by atoms with Gasteiger partial charge in [-0.25, -0.2) is 0 Å². The molecule has 0 bridgehead atoms. The quantitative estimate of drug-likeness (QED) is 0.237. The number of aryl methyl sites for hydroxylation is 2. The van der Waals surface area contributed by atoms with E-state index in [-0.39, 0.29) is 30.7 Å². The molecule has 1 unspecified atom stereocenters. The van der Waals surface area contributed by atoms with Gasteiger partial charge in [-0.05, 0) is 74.8 Å². The molecule has 3 rings (SSSR count). The number of aliphatic hydroxyl groups is 1. The lowest BCUT2D eigenvalue weighted by molar-refractivity contribution is -0.230. The van der Waals surface area contributed by atoms with Crippen molar-refractivity contribution in [2.75, 3.05) is 26.4 Å². The van der Waals surface area contributed by atoms with Gasteiger partial charge in [-0.15, -0.1) is 0 Å². The molecular weight excluding hydrogens is 452 g/mol. The number of hydrogen-bond acceptors (Lipinski definition) is 5. The fourth-order valence-electron chi connectivity index (χ4n) is 5.55. The van der Waals surface area contributed by atoms with Crippen molar-refractivity contribution in [1.82, 2.24) is 0 Å². The second-order valence-electron chi connectivity index (χ2n) is 11.6. The summed E-state index contributed by atoms with van der Waals surface area (Å²) in [7, 11) is 0. The van der Waals surface area contributed by atoms with Crippen LogP contribution in [0.1, 0.15) is 89.7 Å². The second-order valence-corrected chi connectivity index (χ2v) is 11.6. The third-order valence-electron chi connectivity index (χ3n) is 8.06. The molecule has 204 valence electrons. The van der Waals surface area contributed by atoms with Gasteiger partial charge in [0.2, 0.25) is 0 Å². The van der Waals surface area contributed by atoms with E-state index in [0.717, 1.165) is 58.2 Å². The van der Waals surface area contributed by atoms with Crippen molar-refractivity contribution in [2.24, 2.45) is 29.6 Å². The van der Waals surface area contributed by atoms with Gasteiger partial charge in [0.1, 0.15) is 0 Å². The van der Waals surface area contributed by atoms with Crippen LogP contribution in [0.2, 0.25) is 0 Å². The first-order chi connectivity index (χ1) is 17.5. The van der Waals surface area contributed by atoms with Gasteiger partial charge >= 0.3 is 5.97 Å². The maximum atomic E-state index is 11.7. The van der Waals surface area contributed by atoms with Gasteiger partial charge in [0.15, 0.2) is 6.29 Å². The Morgan fingerprint density at radius 1 is 0.972 bits per heavy atom. The first-order valence-corrected chi connectivity index (χ1v) is 14.6. The number of benzene rings is 1. The molecule has 5 heteroatoms. The summed E-state index contributed by atoms with van der Waals surface area (Å²) in [4.78, 5) is 11.7. The first kappa shape index (κ1) is 29.1. The van der Waals surface area contributed by atoms with Crippen LogP contribution in [-0.2, 0) is 31.8 Å². The monoisotopic (exact) mass is 502 g/mol. The van der Waals surface area contributed by atoms with Gasteiger partial charge in [-0.3, -0.25) is 4.79 Å². The Morgan fingerprint density at radius 3 is 2.19 bits per heavy atom. The van der Waals surface area contributed by atoms with Crippen LogP contribution in [-0.4, -0.2) is 43.8 Å². The van der Waals surface area contributed by atoms with Gasteiger partial charge < -0.3 is 19.3 Å². The lowest BCUT2D eigenvalue weighted by atomic mass is 9.78. The van der Waals surface area contributed by atoms with Crippen molar-refractivity contribution in [1.29, 1.82) is 0 Å². The molecule has 0 amide bonds. The Hall–Kier alpha value is -1.43. The molecule has 1 aromatic carbocycles. The summed E-state index contributed by atoms with van der Waals surface area (Å²) in [6, 6.07) is 9.18. The highest BCUT2D eigenvalue weighted by molar-refractivity contribution is 5.71. The van der Waals surface area contributed by atoms with Crippen LogP contribution < -0.4 is 0 Å². The number of hydrogen-bond donors (Lipinski definition) is 1. The molecule has 1 aliphatic carbocycles. The molecule has 0 radical (unpaired) electrons. The molecule has 5 nitrogen and oxygen atoms in total. The molecule has 1 atom stereocenters. The van der Waals surface area contributed by atoms with Crippen LogP contribution in [0.3, 0.4) is 0 Å².